The van der Waals surface area contributed by atoms with E-state index >= 15 is 0 Å². The quantitative estimate of drug-likeness (QED) is 0.840. The lowest BCUT2D eigenvalue weighted by Gasteiger charge is -2.42. The highest BCUT2D eigenvalue weighted by Crippen LogP contribution is 2.17. The van der Waals surface area contributed by atoms with Crippen molar-refractivity contribution in [3.63, 3.8) is 0 Å². The molecular weight excluding hydrogens is 267 g/mol. The minimum Gasteiger partial charge on any atom is -0.384 e. The number of benzene rings is 1. The molecule has 1 aromatic carbocycles. The van der Waals surface area contributed by atoms with Gasteiger partial charge in [-0.1, -0.05) is 11.8 Å². The Labute approximate surface area is 126 Å². The van der Waals surface area contributed by atoms with Crippen LogP contribution in [0.3, 0.4) is 0 Å². The standard InChI is InChI=1S/C17H23FN2O/c1-13-10-20(11-14(2)19(13)3)12-16-7-15(5-4-6-21)8-17(18)9-16/h7-9,13-14,21H,6,10-12H2,1-3H3. The second kappa shape index (κ2) is 7.04. The van der Waals surface area contributed by atoms with E-state index in [1.165, 1.54) is 6.07 Å². The number of hydrogen-bond donors (Lipinski definition) is 1. The van der Waals surface area contributed by atoms with Crippen LogP contribution in [0.2, 0.25) is 0 Å². The third kappa shape index (κ3) is 4.28. The van der Waals surface area contributed by atoms with Crippen LogP contribution in [0.5, 0.6) is 0 Å². The molecule has 2 atom stereocenters. The van der Waals surface area contributed by atoms with Crippen LogP contribution in [0, 0.1) is 17.7 Å². The molecule has 1 aliphatic heterocycles. The van der Waals surface area contributed by atoms with E-state index < -0.39 is 0 Å². The minimum absolute atomic E-state index is 0.209. The zero-order chi connectivity index (χ0) is 15.4. The Morgan fingerprint density at radius 2 is 1.90 bits per heavy atom. The SMILES string of the molecule is CC1CN(Cc2cc(F)cc(C#CCO)c2)CC(C)N1C. The molecule has 1 heterocycles. The maximum Gasteiger partial charge on any atom is 0.124 e. The van der Waals surface area contributed by atoms with E-state index in [4.69, 9.17) is 5.11 Å². The molecule has 2 unspecified atom stereocenters. The van der Waals surface area contributed by atoms with E-state index in [1.807, 2.05) is 6.07 Å². The van der Waals surface area contributed by atoms with E-state index in [1.54, 1.807) is 6.07 Å². The largest absolute Gasteiger partial charge is 0.384 e. The van der Waals surface area contributed by atoms with Gasteiger partial charge in [-0.3, -0.25) is 9.80 Å². The van der Waals surface area contributed by atoms with Crippen molar-refractivity contribution in [2.75, 3.05) is 26.7 Å². The second-order valence-electron chi connectivity index (χ2n) is 5.87. The molecule has 2 rings (SSSR count). The van der Waals surface area contributed by atoms with Crippen LogP contribution in [-0.4, -0.2) is 53.7 Å². The van der Waals surface area contributed by atoms with Gasteiger partial charge in [-0.25, -0.2) is 4.39 Å². The van der Waals surface area contributed by atoms with Crippen molar-refractivity contribution < 1.29 is 9.50 Å². The summed E-state index contributed by atoms with van der Waals surface area (Å²) in [5.41, 5.74) is 1.55. The first-order valence-electron chi connectivity index (χ1n) is 7.33. The van der Waals surface area contributed by atoms with E-state index in [-0.39, 0.29) is 12.4 Å². The Balaban J connectivity index is 2.10. The summed E-state index contributed by atoms with van der Waals surface area (Å²) < 4.78 is 13.7. The first-order valence-corrected chi connectivity index (χ1v) is 7.33. The molecule has 0 spiro atoms. The molecule has 0 aliphatic carbocycles. The highest BCUT2D eigenvalue weighted by atomic mass is 19.1. The monoisotopic (exact) mass is 290 g/mol. The van der Waals surface area contributed by atoms with Crippen molar-refractivity contribution in [1.82, 2.24) is 9.80 Å². The fraction of sp³-hybridized carbons (Fsp3) is 0.529. The van der Waals surface area contributed by atoms with Gasteiger partial charge in [0.15, 0.2) is 0 Å². The van der Waals surface area contributed by atoms with E-state index in [9.17, 15) is 4.39 Å². The normalized spacial score (nSPS) is 23.7. The predicted molar refractivity (Wildman–Crippen MR) is 82.3 cm³/mol. The Bertz CT molecular complexity index is 537. The van der Waals surface area contributed by atoms with Gasteiger partial charge in [-0.15, -0.1) is 0 Å². The summed E-state index contributed by atoms with van der Waals surface area (Å²) >= 11 is 0. The molecule has 0 saturated carbocycles. The van der Waals surface area contributed by atoms with Crippen molar-refractivity contribution in [3.05, 3.63) is 35.1 Å². The topological polar surface area (TPSA) is 26.7 Å². The maximum atomic E-state index is 13.7. The summed E-state index contributed by atoms with van der Waals surface area (Å²) in [6.07, 6.45) is 0. The van der Waals surface area contributed by atoms with Crippen LogP contribution < -0.4 is 0 Å². The average Bonchev–Trinajstić information content (AvgIpc) is 2.42. The first kappa shape index (κ1) is 16.0. The zero-order valence-electron chi connectivity index (χ0n) is 12.9. The Kier molecular flexibility index (Phi) is 5.35. The first-order chi connectivity index (χ1) is 9.99. The van der Waals surface area contributed by atoms with Crippen molar-refractivity contribution >= 4 is 0 Å². The van der Waals surface area contributed by atoms with Gasteiger partial charge in [0, 0.05) is 37.3 Å². The number of piperazine rings is 1. The van der Waals surface area contributed by atoms with E-state index in [0.29, 0.717) is 17.6 Å². The zero-order valence-corrected chi connectivity index (χ0v) is 12.9. The maximum absolute atomic E-state index is 13.7. The number of aliphatic hydroxyl groups excluding tert-OH is 1. The van der Waals surface area contributed by atoms with Gasteiger partial charge >= 0.3 is 0 Å². The lowest BCUT2D eigenvalue weighted by atomic mass is 10.1. The third-order valence-electron chi connectivity index (χ3n) is 4.11. The van der Waals surface area contributed by atoms with Crippen LogP contribution in [-0.2, 0) is 6.54 Å². The van der Waals surface area contributed by atoms with Crippen molar-refractivity contribution in [3.8, 4) is 11.8 Å². The number of nitrogens with zero attached hydrogens (tertiary/aromatic N) is 2. The van der Waals surface area contributed by atoms with Crippen LogP contribution in [0.25, 0.3) is 0 Å². The smallest absolute Gasteiger partial charge is 0.124 e. The summed E-state index contributed by atoms with van der Waals surface area (Å²) in [6.45, 7) is 6.91. The van der Waals surface area contributed by atoms with E-state index in [0.717, 1.165) is 25.2 Å². The molecule has 0 aromatic heterocycles. The van der Waals surface area contributed by atoms with Gasteiger partial charge in [0.25, 0.3) is 0 Å². The molecule has 0 radical (unpaired) electrons. The summed E-state index contributed by atoms with van der Waals surface area (Å²) in [5, 5.41) is 8.73. The molecule has 4 heteroatoms. The molecular formula is C17H23FN2O. The number of halogens is 1. The Morgan fingerprint density at radius 3 is 2.52 bits per heavy atom. The highest BCUT2D eigenvalue weighted by Gasteiger charge is 2.26. The molecule has 0 bridgehead atoms. The average molecular weight is 290 g/mol. The molecule has 1 aliphatic rings. The molecule has 21 heavy (non-hydrogen) atoms. The van der Waals surface area contributed by atoms with Crippen molar-refractivity contribution in [2.24, 2.45) is 0 Å². The fourth-order valence-corrected chi connectivity index (χ4v) is 2.86. The van der Waals surface area contributed by atoms with Gasteiger partial charge in [0.1, 0.15) is 12.4 Å². The lowest BCUT2D eigenvalue weighted by Crippen LogP contribution is -2.54. The summed E-state index contributed by atoms with van der Waals surface area (Å²) in [7, 11) is 2.15. The molecule has 114 valence electrons. The van der Waals surface area contributed by atoms with Crippen LogP contribution in [0.4, 0.5) is 4.39 Å². The minimum atomic E-state index is -0.273. The lowest BCUT2D eigenvalue weighted by molar-refractivity contribution is 0.0556. The molecule has 3 nitrogen and oxygen atoms in total. The fourth-order valence-electron chi connectivity index (χ4n) is 2.86. The number of hydrogen-bond acceptors (Lipinski definition) is 3. The van der Waals surface area contributed by atoms with Crippen molar-refractivity contribution in [2.45, 2.75) is 32.5 Å². The third-order valence-corrected chi connectivity index (χ3v) is 4.11. The van der Waals surface area contributed by atoms with Gasteiger partial charge in [0.2, 0.25) is 0 Å². The van der Waals surface area contributed by atoms with Gasteiger partial charge in [-0.2, -0.15) is 0 Å². The number of rotatable bonds is 2. The predicted octanol–water partition coefficient (Wildman–Crippen LogP) is 1.69. The highest BCUT2D eigenvalue weighted by molar-refractivity contribution is 5.37. The molecule has 1 saturated heterocycles. The molecule has 0 amide bonds. The van der Waals surface area contributed by atoms with Gasteiger partial charge in [0.05, 0.1) is 0 Å². The van der Waals surface area contributed by atoms with Crippen molar-refractivity contribution in [1.29, 1.82) is 0 Å². The molecule has 1 fully saturated rings. The Hall–Kier alpha value is -1.41. The number of aliphatic hydroxyl groups is 1. The molecule has 1 N–H and O–H groups in total. The Morgan fingerprint density at radius 1 is 1.24 bits per heavy atom. The van der Waals surface area contributed by atoms with Gasteiger partial charge in [-0.05, 0) is 44.7 Å². The molecule has 1 aromatic rings. The number of likely N-dealkylation sites (N-methyl/N-ethyl adjacent to an activating group) is 1. The van der Waals surface area contributed by atoms with Crippen LogP contribution in [0.1, 0.15) is 25.0 Å². The summed E-state index contributed by atoms with van der Waals surface area (Å²) in [6, 6.07) is 5.87. The van der Waals surface area contributed by atoms with Crippen LogP contribution >= 0.6 is 0 Å². The summed E-state index contributed by atoms with van der Waals surface area (Å²) in [4.78, 5) is 4.73. The van der Waals surface area contributed by atoms with E-state index in [2.05, 4.69) is 42.5 Å². The second-order valence-corrected chi connectivity index (χ2v) is 5.87. The van der Waals surface area contributed by atoms with Crippen LogP contribution in [0.15, 0.2) is 18.2 Å². The summed E-state index contributed by atoms with van der Waals surface area (Å²) in [5.74, 6) is 5.06. The van der Waals surface area contributed by atoms with Gasteiger partial charge < -0.3 is 5.11 Å².